The van der Waals surface area contributed by atoms with Crippen molar-refractivity contribution in [3.05, 3.63) is 70.9 Å². The summed E-state index contributed by atoms with van der Waals surface area (Å²) in [6.45, 7) is 4.82. The number of hydrogen-bond acceptors (Lipinski definition) is 2. The Morgan fingerprint density at radius 3 is 2.69 bits per heavy atom. The van der Waals surface area contributed by atoms with E-state index in [1.54, 1.807) is 6.21 Å². The minimum absolute atomic E-state index is 0.199. The van der Waals surface area contributed by atoms with E-state index in [2.05, 4.69) is 28.9 Å². The maximum Gasteiger partial charge on any atom is 0.273 e. The first kappa shape index (κ1) is 18.2. The molecule has 1 N–H and O–H groups in total. The number of para-hydroxylation sites is 1. The van der Waals surface area contributed by atoms with Crippen LogP contribution >= 0.6 is 11.6 Å². The molecule has 4 nitrogen and oxygen atoms in total. The van der Waals surface area contributed by atoms with Crippen molar-refractivity contribution in [1.29, 1.82) is 0 Å². The Kier molecular flexibility index (Phi) is 5.74. The molecule has 0 bridgehead atoms. The molecule has 5 heteroatoms. The fourth-order valence-electron chi connectivity index (χ4n) is 2.73. The molecule has 1 unspecified atom stereocenters. The van der Waals surface area contributed by atoms with Crippen LogP contribution in [0.3, 0.4) is 0 Å². The van der Waals surface area contributed by atoms with Gasteiger partial charge in [-0.2, -0.15) is 5.10 Å². The number of carbonyl (C=O) groups excluding carboxylic acids is 1. The fraction of sp³-hybridized carbons (Fsp3) is 0.238. The van der Waals surface area contributed by atoms with Gasteiger partial charge in [0.15, 0.2) is 0 Å². The number of rotatable bonds is 6. The maximum absolute atomic E-state index is 12.6. The Morgan fingerprint density at radius 2 is 1.96 bits per heavy atom. The highest BCUT2D eigenvalue weighted by atomic mass is 35.5. The summed E-state index contributed by atoms with van der Waals surface area (Å²) in [5.74, 6) is 0.136. The number of hydrogen-bond donors (Lipinski definition) is 1. The van der Waals surface area contributed by atoms with E-state index in [1.807, 2.05) is 54.7 Å². The van der Waals surface area contributed by atoms with Crippen LogP contribution in [-0.2, 0) is 6.54 Å². The molecule has 3 aromatic rings. The lowest BCUT2D eigenvalue weighted by molar-refractivity contribution is 0.0956. The third-order valence-corrected chi connectivity index (χ3v) is 4.69. The molecule has 0 spiro atoms. The highest BCUT2D eigenvalue weighted by molar-refractivity contribution is 6.30. The molecule has 1 amide bonds. The van der Waals surface area contributed by atoms with Crippen molar-refractivity contribution in [2.45, 2.75) is 26.8 Å². The number of halogens is 1. The van der Waals surface area contributed by atoms with Crippen molar-refractivity contribution in [2.24, 2.45) is 11.0 Å². The molecule has 1 heterocycles. The molecule has 26 heavy (non-hydrogen) atoms. The minimum atomic E-state index is -0.199. The van der Waals surface area contributed by atoms with Crippen LogP contribution in [0.25, 0.3) is 10.9 Å². The summed E-state index contributed by atoms with van der Waals surface area (Å²) in [5, 5.41) is 5.71. The van der Waals surface area contributed by atoms with Crippen LogP contribution in [0.4, 0.5) is 0 Å². The fourth-order valence-corrected chi connectivity index (χ4v) is 2.86. The van der Waals surface area contributed by atoms with Gasteiger partial charge in [-0.25, -0.2) is 5.43 Å². The zero-order valence-corrected chi connectivity index (χ0v) is 15.7. The second-order valence-electron chi connectivity index (χ2n) is 6.42. The molecule has 134 valence electrons. The molecule has 0 fully saturated rings. The molecule has 1 aromatic heterocycles. The smallest absolute Gasteiger partial charge is 0.273 e. The van der Waals surface area contributed by atoms with Gasteiger partial charge in [-0.15, -0.1) is 0 Å². The molecule has 0 saturated heterocycles. The van der Waals surface area contributed by atoms with E-state index in [4.69, 9.17) is 11.6 Å². The average molecular weight is 368 g/mol. The number of aromatic nitrogens is 1. The van der Waals surface area contributed by atoms with Crippen LogP contribution in [0.2, 0.25) is 5.02 Å². The van der Waals surface area contributed by atoms with Crippen LogP contribution in [0.1, 0.15) is 36.2 Å². The monoisotopic (exact) mass is 367 g/mol. The average Bonchev–Trinajstić information content (AvgIpc) is 3.02. The van der Waals surface area contributed by atoms with E-state index in [1.165, 1.54) is 0 Å². The normalized spacial score (nSPS) is 12.6. The largest absolute Gasteiger partial charge is 0.342 e. The first-order chi connectivity index (χ1) is 12.6. The van der Waals surface area contributed by atoms with Gasteiger partial charge in [0.1, 0.15) is 0 Å². The van der Waals surface area contributed by atoms with Gasteiger partial charge in [0, 0.05) is 34.9 Å². The maximum atomic E-state index is 12.6. The van der Waals surface area contributed by atoms with Gasteiger partial charge in [0.25, 0.3) is 5.91 Å². The number of amides is 1. The van der Waals surface area contributed by atoms with Gasteiger partial charge in [0.2, 0.25) is 0 Å². The van der Waals surface area contributed by atoms with Crippen molar-refractivity contribution >= 4 is 34.6 Å². The summed E-state index contributed by atoms with van der Waals surface area (Å²) in [5.41, 5.74) is 5.40. The lowest BCUT2D eigenvalue weighted by Crippen LogP contribution is -2.18. The zero-order valence-electron chi connectivity index (χ0n) is 14.9. The lowest BCUT2D eigenvalue weighted by atomic mass is 10.1. The van der Waals surface area contributed by atoms with Gasteiger partial charge in [-0.1, -0.05) is 55.8 Å². The molecule has 0 saturated carbocycles. The highest BCUT2D eigenvalue weighted by Crippen LogP contribution is 2.23. The number of fused-ring (bicyclic) bond motifs is 1. The summed E-state index contributed by atoms with van der Waals surface area (Å²) < 4.78 is 2.08. The van der Waals surface area contributed by atoms with E-state index in [0.29, 0.717) is 23.0 Å². The van der Waals surface area contributed by atoms with Crippen LogP contribution < -0.4 is 5.43 Å². The molecule has 0 radical (unpaired) electrons. The van der Waals surface area contributed by atoms with E-state index in [-0.39, 0.29) is 5.91 Å². The van der Waals surface area contributed by atoms with Crippen LogP contribution in [-0.4, -0.2) is 16.7 Å². The summed E-state index contributed by atoms with van der Waals surface area (Å²) in [6, 6.07) is 15.6. The third-order valence-electron chi connectivity index (χ3n) is 4.44. The van der Waals surface area contributed by atoms with Crippen LogP contribution in [0.15, 0.2) is 59.8 Å². The van der Waals surface area contributed by atoms with Gasteiger partial charge >= 0.3 is 0 Å². The van der Waals surface area contributed by atoms with E-state index in [0.717, 1.165) is 22.9 Å². The first-order valence-corrected chi connectivity index (χ1v) is 9.12. The van der Waals surface area contributed by atoms with Crippen LogP contribution in [0.5, 0.6) is 0 Å². The van der Waals surface area contributed by atoms with Gasteiger partial charge < -0.3 is 4.57 Å². The van der Waals surface area contributed by atoms with Crippen molar-refractivity contribution in [2.75, 3.05) is 0 Å². The predicted octanol–water partition coefficient (Wildman–Crippen LogP) is 5.10. The Bertz CT molecular complexity index is 928. The summed E-state index contributed by atoms with van der Waals surface area (Å²) in [4.78, 5) is 12.6. The van der Waals surface area contributed by atoms with Gasteiger partial charge in [-0.05, 0) is 36.1 Å². The zero-order chi connectivity index (χ0) is 18.5. The number of carbonyl (C=O) groups is 1. The van der Waals surface area contributed by atoms with Crippen molar-refractivity contribution < 1.29 is 4.79 Å². The summed E-state index contributed by atoms with van der Waals surface area (Å²) in [7, 11) is 0. The first-order valence-electron chi connectivity index (χ1n) is 8.74. The Morgan fingerprint density at radius 1 is 1.23 bits per heavy atom. The third kappa shape index (κ3) is 4.14. The number of nitrogens with one attached hydrogen (secondary N) is 1. The molecule has 1 atom stereocenters. The number of hydrazone groups is 1. The number of benzene rings is 2. The molecule has 0 aliphatic carbocycles. The quantitative estimate of drug-likeness (QED) is 0.478. The van der Waals surface area contributed by atoms with E-state index >= 15 is 0 Å². The summed E-state index contributed by atoms with van der Waals surface area (Å²) >= 11 is 5.96. The molecule has 0 aliphatic heterocycles. The Hall–Kier alpha value is -2.59. The molecule has 0 aliphatic rings. The van der Waals surface area contributed by atoms with Crippen LogP contribution in [0, 0.1) is 5.92 Å². The SMILES string of the molecule is CCC(C)/C=N/NC(=O)c1cn(Cc2ccc(Cl)cc2)c2ccccc12. The predicted molar refractivity (Wildman–Crippen MR) is 108 cm³/mol. The molecule has 3 rings (SSSR count). The van der Waals surface area contributed by atoms with Crippen molar-refractivity contribution in [3.63, 3.8) is 0 Å². The topological polar surface area (TPSA) is 46.4 Å². The summed E-state index contributed by atoms with van der Waals surface area (Å²) in [6.07, 6.45) is 4.64. The van der Waals surface area contributed by atoms with E-state index in [9.17, 15) is 4.79 Å². The minimum Gasteiger partial charge on any atom is -0.342 e. The van der Waals surface area contributed by atoms with Crippen molar-refractivity contribution in [1.82, 2.24) is 9.99 Å². The molecular formula is C21H22ClN3O. The highest BCUT2D eigenvalue weighted by Gasteiger charge is 2.14. The van der Waals surface area contributed by atoms with Gasteiger partial charge in [-0.3, -0.25) is 4.79 Å². The van der Waals surface area contributed by atoms with Gasteiger partial charge in [0.05, 0.1) is 5.56 Å². The second-order valence-corrected chi connectivity index (χ2v) is 6.86. The van der Waals surface area contributed by atoms with E-state index < -0.39 is 0 Å². The lowest BCUT2D eigenvalue weighted by Gasteiger charge is -2.05. The second kappa shape index (κ2) is 8.19. The molecular weight excluding hydrogens is 346 g/mol. The standard InChI is InChI=1S/C21H22ClN3O/c1-3-15(2)12-23-24-21(26)19-14-25(20-7-5-4-6-18(19)20)13-16-8-10-17(22)11-9-16/h4-12,14-15H,3,13H2,1-2H3,(H,24,26)/b23-12+. The number of nitrogens with zero attached hydrogens (tertiary/aromatic N) is 2. The Balaban J connectivity index is 1.88. The Labute approximate surface area is 158 Å². The molecule has 2 aromatic carbocycles. The van der Waals surface area contributed by atoms with Crippen molar-refractivity contribution in [3.8, 4) is 0 Å².